The highest BCUT2D eigenvalue weighted by molar-refractivity contribution is 5.86. The van der Waals surface area contributed by atoms with Crippen molar-refractivity contribution >= 4 is 23.5 Å². The number of aromatic amines is 1. The van der Waals surface area contributed by atoms with E-state index in [1.54, 1.807) is 4.90 Å². The Morgan fingerprint density at radius 2 is 2.12 bits per heavy atom. The summed E-state index contributed by atoms with van der Waals surface area (Å²) in [6.45, 7) is 4.38. The highest BCUT2D eigenvalue weighted by Crippen LogP contribution is 2.35. The summed E-state index contributed by atoms with van der Waals surface area (Å²) in [5.74, 6) is 0.832. The molecule has 1 aromatic heterocycles. The molecule has 0 aliphatic carbocycles. The van der Waals surface area contributed by atoms with Gasteiger partial charge in [0.25, 0.3) is 0 Å². The Balaban J connectivity index is 1.64. The van der Waals surface area contributed by atoms with Crippen molar-refractivity contribution in [2.75, 3.05) is 18.0 Å². The number of aromatic nitrogens is 1. The van der Waals surface area contributed by atoms with Gasteiger partial charge in [-0.1, -0.05) is 24.3 Å². The maximum absolute atomic E-state index is 11.6. The van der Waals surface area contributed by atoms with Gasteiger partial charge in [0.05, 0.1) is 5.69 Å². The lowest BCUT2D eigenvalue weighted by Gasteiger charge is -2.29. The Labute approximate surface area is 142 Å². The number of benzene rings is 1. The fraction of sp³-hybridized carbons (Fsp3) is 0.350. The molecular weight excluding hydrogens is 298 g/mol. The van der Waals surface area contributed by atoms with Crippen LogP contribution in [0.4, 0.5) is 11.5 Å². The van der Waals surface area contributed by atoms with E-state index in [4.69, 9.17) is 0 Å². The van der Waals surface area contributed by atoms with Crippen molar-refractivity contribution in [2.24, 2.45) is 0 Å². The van der Waals surface area contributed by atoms with E-state index < -0.39 is 0 Å². The summed E-state index contributed by atoms with van der Waals surface area (Å²) < 4.78 is 0. The van der Waals surface area contributed by atoms with Crippen molar-refractivity contribution in [1.29, 1.82) is 0 Å². The average molecular weight is 321 g/mol. The van der Waals surface area contributed by atoms with Gasteiger partial charge in [0.2, 0.25) is 6.41 Å². The standard InChI is InChI=1S/C20H23N3O/c1-15-19(16-9-11-22-10-5-8-18(22)12-16)13-20(21-15)23(14-24)17-6-3-2-4-7-17/h2-4,6-7,9,13-14,18,21H,5,8,10-12H2,1H3. The van der Waals surface area contributed by atoms with Crippen molar-refractivity contribution in [3.05, 3.63) is 53.7 Å². The van der Waals surface area contributed by atoms with Crippen LogP contribution in [-0.4, -0.2) is 35.4 Å². The van der Waals surface area contributed by atoms with Gasteiger partial charge in [-0.2, -0.15) is 0 Å². The van der Waals surface area contributed by atoms with E-state index in [1.165, 1.54) is 30.5 Å². The molecule has 0 saturated carbocycles. The normalized spacial score (nSPS) is 20.5. The number of amides is 1. The summed E-state index contributed by atoms with van der Waals surface area (Å²) in [4.78, 5) is 19.3. The molecule has 0 bridgehead atoms. The van der Waals surface area contributed by atoms with Crippen molar-refractivity contribution in [1.82, 2.24) is 9.88 Å². The number of carbonyl (C=O) groups is 1. The van der Waals surface area contributed by atoms with Crippen molar-refractivity contribution in [3.8, 4) is 0 Å². The van der Waals surface area contributed by atoms with Crippen LogP contribution in [-0.2, 0) is 4.79 Å². The monoisotopic (exact) mass is 321 g/mol. The summed E-state index contributed by atoms with van der Waals surface area (Å²) in [6, 6.07) is 12.5. The zero-order valence-corrected chi connectivity index (χ0v) is 14.0. The zero-order valence-electron chi connectivity index (χ0n) is 14.0. The first-order valence-corrected chi connectivity index (χ1v) is 8.69. The number of H-pyrrole nitrogens is 1. The van der Waals surface area contributed by atoms with E-state index in [0.29, 0.717) is 6.04 Å². The number of nitrogens with zero attached hydrogens (tertiary/aromatic N) is 2. The molecule has 2 aliphatic heterocycles. The van der Waals surface area contributed by atoms with E-state index in [0.717, 1.165) is 36.6 Å². The van der Waals surface area contributed by atoms with Gasteiger partial charge >= 0.3 is 0 Å². The topological polar surface area (TPSA) is 39.3 Å². The largest absolute Gasteiger partial charge is 0.344 e. The van der Waals surface area contributed by atoms with E-state index in [9.17, 15) is 4.79 Å². The Bertz CT molecular complexity index is 762. The highest BCUT2D eigenvalue weighted by atomic mass is 16.1. The molecule has 2 aliphatic rings. The van der Waals surface area contributed by atoms with Crippen LogP contribution in [0, 0.1) is 6.92 Å². The van der Waals surface area contributed by atoms with Crippen LogP contribution in [0.15, 0.2) is 42.5 Å². The Morgan fingerprint density at radius 3 is 2.92 bits per heavy atom. The number of hydrogen-bond acceptors (Lipinski definition) is 2. The van der Waals surface area contributed by atoms with Crippen LogP contribution in [0.3, 0.4) is 0 Å². The maximum Gasteiger partial charge on any atom is 0.219 e. The molecule has 4 nitrogen and oxygen atoms in total. The number of rotatable bonds is 4. The van der Waals surface area contributed by atoms with Gasteiger partial charge in [0.1, 0.15) is 5.82 Å². The summed E-state index contributed by atoms with van der Waals surface area (Å²) in [5.41, 5.74) is 4.67. The number of carbonyl (C=O) groups excluding carboxylic acids is 1. The molecule has 1 saturated heterocycles. The van der Waals surface area contributed by atoms with Gasteiger partial charge in [0, 0.05) is 23.8 Å². The molecule has 1 N–H and O–H groups in total. The first kappa shape index (κ1) is 15.2. The third-order valence-corrected chi connectivity index (χ3v) is 5.27. The fourth-order valence-electron chi connectivity index (χ4n) is 4.00. The lowest BCUT2D eigenvalue weighted by Crippen LogP contribution is -2.32. The molecule has 1 aromatic carbocycles. The number of nitrogens with one attached hydrogen (secondary N) is 1. The maximum atomic E-state index is 11.6. The molecule has 0 spiro atoms. The second-order valence-electron chi connectivity index (χ2n) is 6.73. The van der Waals surface area contributed by atoms with Gasteiger partial charge < -0.3 is 4.98 Å². The Hall–Kier alpha value is -2.33. The predicted octanol–water partition coefficient (Wildman–Crippen LogP) is 3.87. The first-order chi connectivity index (χ1) is 11.8. The molecule has 24 heavy (non-hydrogen) atoms. The molecule has 1 unspecified atom stereocenters. The predicted molar refractivity (Wildman–Crippen MR) is 97.4 cm³/mol. The number of hydrogen-bond donors (Lipinski definition) is 1. The van der Waals surface area contributed by atoms with Gasteiger partial charge in [0.15, 0.2) is 0 Å². The second-order valence-corrected chi connectivity index (χ2v) is 6.73. The van der Waals surface area contributed by atoms with Gasteiger partial charge in [-0.15, -0.1) is 0 Å². The number of fused-ring (bicyclic) bond motifs is 1. The van der Waals surface area contributed by atoms with Crippen molar-refractivity contribution in [2.45, 2.75) is 32.2 Å². The van der Waals surface area contributed by atoms with E-state index in [2.05, 4.69) is 29.0 Å². The van der Waals surface area contributed by atoms with Gasteiger partial charge in [-0.25, -0.2) is 0 Å². The third-order valence-electron chi connectivity index (χ3n) is 5.27. The molecule has 3 heterocycles. The molecule has 0 radical (unpaired) electrons. The van der Waals surface area contributed by atoms with Crippen LogP contribution in [0.25, 0.3) is 5.57 Å². The highest BCUT2D eigenvalue weighted by Gasteiger charge is 2.29. The van der Waals surface area contributed by atoms with Crippen LogP contribution in [0.5, 0.6) is 0 Å². The van der Waals surface area contributed by atoms with Crippen LogP contribution < -0.4 is 4.90 Å². The van der Waals surface area contributed by atoms with Crippen LogP contribution in [0.2, 0.25) is 0 Å². The Kier molecular flexibility index (Phi) is 3.98. The lowest BCUT2D eigenvalue weighted by molar-refractivity contribution is -0.106. The molecule has 1 atom stereocenters. The van der Waals surface area contributed by atoms with Crippen LogP contribution >= 0.6 is 0 Å². The zero-order chi connectivity index (χ0) is 16.5. The SMILES string of the molecule is Cc1[nH]c(N(C=O)c2ccccc2)cc1C1=CCN2CCCC2C1. The van der Waals surface area contributed by atoms with Gasteiger partial charge in [-0.3, -0.25) is 14.6 Å². The number of anilines is 2. The molecule has 124 valence electrons. The average Bonchev–Trinajstić information content (AvgIpc) is 3.22. The minimum Gasteiger partial charge on any atom is -0.344 e. The van der Waals surface area contributed by atoms with Crippen molar-refractivity contribution < 1.29 is 4.79 Å². The molecule has 1 fully saturated rings. The quantitative estimate of drug-likeness (QED) is 0.868. The molecular formula is C20H23N3O. The van der Waals surface area contributed by atoms with Gasteiger partial charge in [-0.05, 0) is 56.5 Å². The van der Waals surface area contributed by atoms with E-state index in [-0.39, 0.29) is 0 Å². The summed E-state index contributed by atoms with van der Waals surface area (Å²) in [5, 5.41) is 0. The number of para-hydroxylation sites is 1. The van der Waals surface area contributed by atoms with Crippen LogP contribution in [0.1, 0.15) is 30.5 Å². The summed E-state index contributed by atoms with van der Waals surface area (Å²) in [7, 11) is 0. The molecule has 4 heteroatoms. The molecule has 4 rings (SSSR count). The Morgan fingerprint density at radius 1 is 1.29 bits per heavy atom. The van der Waals surface area contributed by atoms with E-state index >= 15 is 0 Å². The first-order valence-electron chi connectivity index (χ1n) is 8.69. The summed E-state index contributed by atoms with van der Waals surface area (Å²) in [6.07, 6.45) is 6.96. The molecule has 1 amide bonds. The van der Waals surface area contributed by atoms with Crippen molar-refractivity contribution in [3.63, 3.8) is 0 Å². The third kappa shape index (κ3) is 2.67. The minimum atomic E-state index is 0.694. The smallest absolute Gasteiger partial charge is 0.219 e. The minimum absolute atomic E-state index is 0.694. The second kappa shape index (κ2) is 6.29. The summed E-state index contributed by atoms with van der Waals surface area (Å²) >= 11 is 0. The fourth-order valence-corrected chi connectivity index (χ4v) is 4.00. The number of aryl methyl sites for hydroxylation is 1. The molecule has 2 aromatic rings. The van der Waals surface area contributed by atoms with E-state index in [1.807, 2.05) is 30.3 Å². The lowest BCUT2D eigenvalue weighted by atomic mass is 9.94.